The fourth-order valence-electron chi connectivity index (χ4n) is 2.80. The van der Waals surface area contributed by atoms with Gasteiger partial charge in [0.05, 0.1) is 17.1 Å². The van der Waals surface area contributed by atoms with Gasteiger partial charge >= 0.3 is 0 Å². The Labute approximate surface area is 124 Å². The Morgan fingerprint density at radius 1 is 1.29 bits per heavy atom. The molecular weight excluding hydrogens is 264 g/mol. The fraction of sp³-hybridized carbons (Fsp3) is 0.375. The Balaban J connectivity index is 1.74. The number of carbonyl (C=O) groups is 1. The Kier molecular flexibility index (Phi) is 3.41. The summed E-state index contributed by atoms with van der Waals surface area (Å²) in [7, 11) is 0. The summed E-state index contributed by atoms with van der Waals surface area (Å²) < 4.78 is 1.70. The number of nitrogens with two attached hydrogens (primary N) is 1. The summed E-state index contributed by atoms with van der Waals surface area (Å²) in [6, 6.07) is 8.30. The number of rotatable bonds is 2. The minimum atomic E-state index is 0.0927. The molecule has 0 atom stereocenters. The van der Waals surface area contributed by atoms with Crippen LogP contribution in [0.1, 0.15) is 22.5 Å². The minimum Gasteiger partial charge on any atom is -0.396 e. The van der Waals surface area contributed by atoms with Crippen molar-refractivity contribution in [3.8, 4) is 0 Å². The highest BCUT2D eigenvalue weighted by Gasteiger charge is 2.21. The van der Waals surface area contributed by atoms with Crippen LogP contribution in [0.4, 0.5) is 5.69 Å². The van der Waals surface area contributed by atoms with E-state index in [-0.39, 0.29) is 12.5 Å². The number of aromatic nitrogens is 2. The monoisotopic (exact) mass is 284 g/mol. The highest BCUT2D eigenvalue weighted by molar-refractivity contribution is 5.76. The molecule has 0 unspecified atom stereocenters. The molecule has 5 heteroatoms. The second-order valence-corrected chi connectivity index (χ2v) is 5.58. The number of nitrogens with zero attached hydrogens (tertiary/aromatic N) is 3. The van der Waals surface area contributed by atoms with Crippen LogP contribution in [-0.2, 0) is 24.3 Å². The number of carbonyl (C=O) groups excluding carboxylic acids is 1. The molecule has 0 saturated carbocycles. The molecule has 1 aliphatic heterocycles. The number of nitrogen functional groups attached to an aromatic ring is 1. The lowest BCUT2D eigenvalue weighted by molar-refractivity contribution is -0.133. The number of anilines is 1. The standard InChI is InChI=1S/C16H20N4O/c1-11-16(17)12(2)20(18-11)10-15(21)19-8-7-13-5-3-4-6-14(13)9-19/h3-6H,7-10,17H2,1-2H3. The van der Waals surface area contributed by atoms with Gasteiger partial charge in [-0.2, -0.15) is 5.10 Å². The van der Waals surface area contributed by atoms with E-state index in [1.54, 1.807) is 4.68 Å². The third kappa shape index (κ3) is 2.51. The molecule has 1 aliphatic rings. The van der Waals surface area contributed by atoms with Crippen molar-refractivity contribution >= 4 is 11.6 Å². The molecule has 3 rings (SSSR count). The summed E-state index contributed by atoms with van der Waals surface area (Å²) in [6.07, 6.45) is 0.918. The zero-order chi connectivity index (χ0) is 15.0. The van der Waals surface area contributed by atoms with Crippen LogP contribution in [0.25, 0.3) is 0 Å². The fourth-order valence-corrected chi connectivity index (χ4v) is 2.80. The molecule has 1 aromatic carbocycles. The van der Waals surface area contributed by atoms with Gasteiger partial charge in [0.2, 0.25) is 5.91 Å². The van der Waals surface area contributed by atoms with Gasteiger partial charge in [-0.05, 0) is 31.4 Å². The average Bonchev–Trinajstić information content (AvgIpc) is 2.74. The maximum Gasteiger partial charge on any atom is 0.244 e. The van der Waals surface area contributed by atoms with Crippen molar-refractivity contribution in [2.45, 2.75) is 33.4 Å². The third-order valence-corrected chi connectivity index (χ3v) is 4.21. The largest absolute Gasteiger partial charge is 0.396 e. The van der Waals surface area contributed by atoms with Crippen molar-refractivity contribution in [2.24, 2.45) is 0 Å². The Morgan fingerprint density at radius 2 is 2.00 bits per heavy atom. The SMILES string of the molecule is Cc1nn(CC(=O)N2CCc3ccccc3C2)c(C)c1N. The van der Waals surface area contributed by atoms with Crippen molar-refractivity contribution in [2.75, 3.05) is 12.3 Å². The maximum atomic E-state index is 12.5. The van der Waals surface area contributed by atoms with Crippen LogP contribution in [0.2, 0.25) is 0 Å². The van der Waals surface area contributed by atoms with Crippen molar-refractivity contribution in [3.63, 3.8) is 0 Å². The number of amides is 1. The molecule has 2 aromatic rings. The summed E-state index contributed by atoms with van der Waals surface area (Å²) in [4.78, 5) is 14.4. The minimum absolute atomic E-state index is 0.0927. The molecule has 2 N–H and O–H groups in total. The predicted octanol–water partition coefficient (Wildman–Crippen LogP) is 1.67. The van der Waals surface area contributed by atoms with Crippen LogP contribution in [0.5, 0.6) is 0 Å². The first kappa shape index (κ1) is 13.7. The van der Waals surface area contributed by atoms with Crippen LogP contribution in [0, 0.1) is 13.8 Å². The second-order valence-electron chi connectivity index (χ2n) is 5.58. The van der Waals surface area contributed by atoms with Gasteiger partial charge in [0.1, 0.15) is 6.54 Å². The molecule has 0 saturated heterocycles. The van der Waals surface area contributed by atoms with E-state index in [1.165, 1.54) is 11.1 Å². The van der Waals surface area contributed by atoms with Gasteiger partial charge < -0.3 is 10.6 Å². The van der Waals surface area contributed by atoms with Crippen LogP contribution in [0.3, 0.4) is 0 Å². The smallest absolute Gasteiger partial charge is 0.244 e. The van der Waals surface area contributed by atoms with Gasteiger partial charge in [-0.25, -0.2) is 0 Å². The lowest BCUT2D eigenvalue weighted by atomic mass is 10.00. The molecular formula is C16H20N4O. The third-order valence-electron chi connectivity index (χ3n) is 4.21. The Hall–Kier alpha value is -2.30. The van der Waals surface area contributed by atoms with Gasteiger partial charge in [-0.15, -0.1) is 0 Å². The number of benzene rings is 1. The maximum absolute atomic E-state index is 12.5. The molecule has 5 nitrogen and oxygen atoms in total. The van der Waals surface area contributed by atoms with Crippen molar-refractivity contribution in [1.29, 1.82) is 0 Å². The Morgan fingerprint density at radius 3 is 2.67 bits per heavy atom. The first-order chi connectivity index (χ1) is 10.1. The molecule has 0 fully saturated rings. The summed E-state index contributed by atoms with van der Waals surface area (Å²) >= 11 is 0. The van der Waals surface area contributed by atoms with Crippen LogP contribution >= 0.6 is 0 Å². The van der Waals surface area contributed by atoms with E-state index < -0.39 is 0 Å². The predicted molar refractivity (Wildman–Crippen MR) is 81.7 cm³/mol. The van der Waals surface area contributed by atoms with E-state index in [0.29, 0.717) is 12.2 Å². The summed E-state index contributed by atoms with van der Waals surface area (Å²) in [5, 5.41) is 4.33. The van der Waals surface area contributed by atoms with Crippen molar-refractivity contribution in [1.82, 2.24) is 14.7 Å². The molecule has 0 aliphatic carbocycles. The number of hydrogen-bond acceptors (Lipinski definition) is 3. The molecule has 0 spiro atoms. The van der Waals surface area contributed by atoms with Gasteiger partial charge in [-0.1, -0.05) is 24.3 Å². The van der Waals surface area contributed by atoms with E-state index >= 15 is 0 Å². The quantitative estimate of drug-likeness (QED) is 0.912. The zero-order valence-electron chi connectivity index (χ0n) is 12.5. The van der Waals surface area contributed by atoms with Crippen LogP contribution < -0.4 is 5.73 Å². The van der Waals surface area contributed by atoms with Crippen LogP contribution in [-0.4, -0.2) is 27.1 Å². The first-order valence-corrected chi connectivity index (χ1v) is 7.20. The lowest BCUT2D eigenvalue weighted by Gasteiger charge is -2.29. The van der Waals surface area contributed by atoms with E-state index in [0.717, 1.165) is 24.4 Å². The number of hydrogen-bond donors (Lipinski definition) is 1. The normalized spacial score (nSPS) is 14.1. The highest BCUT2D eigenvalue weighted by Crippen LogP contribution is 2.19. The van der Waals surface area contributed by atoms with E-state index in [2.05, 4.69) is 23.3 Å². The van der Waals surface area contributed by atoms with E-state index in [4.69, 9.17) is 5.73 Å². The molecule has 1 amide bonds. The van der Waals surface area contributed by atoms with E-state index in [9.17, 15) is 4.79 Å². The topological polar surface area (TPSA) is 64.2 Å². The van der Waals surface area contributed by atoms with Crippen molar-refractivity contribution in [3.05, 3.63) is 46.8 Å². The molecule has 110 valence electrons. The zero-order valence-corrected chi connectivity index (χ0v) is 12.5. The average molecular weight is 284 g/mol. The first-order valence-electron chi connectivity index (χ1n) is 7.20. The number of aryl methyl sites for hydroxylation is 1. The lowest BCUT2D eigenvalue weighted by Crippen LogP contribution is -2.38. The summed E-state index contributed by atoms with van der Waals surface area (Å²) in [6.45, 7) is 5.47. The Bertz CT molecular complexity index is 690. The van der Waals surface area contributed by atoms with Gasteiger partial charge in [-0.3, -0.25) is 9.48 Å². The highest BCUT2D eigenvalue weighted by atomic mass is 16.2. The molecule has 1 aromatic heterocycles. The van der Waals surface area contributed by atoms with Gasteiger partial charge in [0.15, 0.2) is 0 Å². The molecule has 0 bridgehead atoms. The van der Waals surface area contributed by atoms with E-state index in [1.807, 2.05) is 24.8 Å². The van der Waals surface area contributed by atoms with Crippen LogP contribution in [0.15, 0.2) is 24.3 Å². The van der Waals surface area contributed by atoms with Crippen molar-refractivity contribution < 1.29 is 4.79 Å². The molecule has 2 heterocycles. The number of fused-ring (bicyclic) bond motifs is 1. The molecule has 21 heavy (non-hydrogen) atoms. The summed E-state index contributed by atoms with van der Waals surface area (Å²) in [5.74, 6) is 0.0927. The van der Waals surface area contributed by atoms with Gasteiger partial charge in [0.25, 0.3) is 0 Å². The van der Waals surface area contributed by atoms with Gasteiger partial charge in [0, 0.05) is 13.1 Å². The second kappa shape index (κ2) is 5.24. The summed E-state index contributed by atoms with van der Waals surface area (Å²) in [5.41, 5.74) is 10.8. The molecule has 0 radical (unpaired) electrons.